The van der Waals surface area contributed by atoms with E-state index >= 15 is 0 Å². The van der Waals surface area contributed by atoms with Gasteiger partial charge in [0.05, 0.1) is 5.69 Å². The van der Waals surface area contributed by atoms with E-state index in [1.165, 1.54) is 12.8 Å². The first-order chi connectivity index (χ1) is 13.2. The molecule has 2 aliphatic rings. The lowest BCUT2D eigenvalue weighted by Crippen LogP contribution is -2.49. The maximum atomic E-state index is 12.6. The first kappa shape index (κ1) is 18.1. The van der Waals surface area contributed by atoms with E-state index in [0.29, 0.717) is 17.8 Å². The molecule has 0 spiro atoms. The van der Waals surface area contributed by atoms with Crippen molar-refractivity contribution in [1.82, 2.24) is 10.6 Å². The Balaban J connectivity index is 1.39. The number of benzene rings is 2. The summed E-state index contributed by atoms with van der Waals surface area (Å²) in [6, 6.07) is 18.0. The number of amides is 2. The second-order valence-electron chi connectivity index (χ2n) is 8.14. The van der Waals surface area contributed by atoms with E-state index in [4.69, 9.17) is 0 Å². The highest BCUT2D eigenvalue weighted by Crippen LogP contribution is 2.39. The Morgan fingerprint density at radius 2 is 1.81 bits per heavy atom. The lowest BCUT2D eigenvalue weighted by atomic mass is 9.66. The molecular weight excluding hydrogens is 334 g/mol. The molecule has 1 saturated heterocycles. The van der Waals surface area contributed by atoms with Crippen molar-refractivity contribution in [3.8, 4) is 11.1 Å². The Labute approximate surface area is 161 Å². The van der Waals surface area contributed by atoms with Crippen LogP contribution in [0.5, 0.6) is 0 Å². The maximum absolute atomic E-state index is 12.6. The summed E-state index contributed by atoms with van der Waals surface area (Å²) in [7, 11) is 0. The number of hydrogen-bond donors (Lipinski definition) is 3. The highest BCUT2D eigenvalue weighted by atomic mass is 16.2. The van der Waals surface area contributed by atoms with E-state index in [-0.39, 0.29) is 6.03 Å². The second-order valence-corrected chi connectivity index (χ2v) is 8.14. The molecule has 0 aromatic heterocycles. The van der Waals surface area contributed by atoms with Crippen LogP contribution in [0.15, 0.2) is 54.6 Å². The molecule has 1 aliphatic heterocycles. The Hall–Kier alpha value is -2.33. The van der Waals surface area contributed by atoms with Crippen LogP contribution in [0.25, 0.3) is 11.1 Å². The van der Waals surface area contributed by atoms with E-state index in [9.17, 15) is 4.79 Å². The van der Waals surface area contributed by atoms with Gasteiger partial charge in [0.25, 0.3) is 0 Å². The molecule has 0 radical (unpaired) electrons. The van der Waals surface area contributed by atoms with Gasteiger partial charge in [-0.1, -0.05) is 55.5 Å². The summed E-state index contributed by atoms with van der Waals surface area (Å²) in [5.41, 5.74) is 2.99. The van der Waals surface area contributed by atoms with Gasteiger partial charge < -0.3 is 16.0 Å². The molecule has 2 amide bonds. The molecule has 4 nitrogen and oxygen atoms in total. The van der Waals surface area contributed by atoms with Crippen LogP contribution in [0.1, 0.15) is 19.8 Å². The van der Waals surface area contributed by atoms with E-state index in [2.05, 4.69) is 35.0 Å². The average molecular weight is 364 g/mol. The van der Waals surface area contributed by atoms with Crippen LogP contribution in [-0.4, -0.2) is 25.7 Å². The lowest BCUT2D eigenvalue weighted by Gasteiger charge is -2.44. The highest BCUT2D eigenvalue weighted by Gasteiger charge is 2.37. The smallest absolute Gasteiger partial charge is 0.319 e. The third-order valence-electron chi connectivity index (χ3n) is 6.28. The predicted molar refractivity (Wildman–Crippen MR) is 111 cm³/mol. The van der Waals surface area contributed by atoms with Crippen molar-refractivity contribution in [3.63, 3.8) is 0 Å². The number of carbonyl (C=O) groups is 1. The molecule has 2 aromatic rings. The molecule has 3 N–H and O–H groups in total. The fourth-order valence-corrected chi connectivity index (χ4v) is 4.95. The first-order valence-electron chi connectivity index (χ1n) is 10.1. The summed E-state index contributed by atoms with van der Waals surface area (Å²) in [4.78, 5) is 12.6. The minimum atomic E-state index is -0.114. The number of carbonyl (C=O) groups excluding carboxylic acids is 1. The van der Waals surface area contributed by atoms with Crippen molar-refractivity contribution in [1.29, 1.82) is 0 Å². The van der Waals surface area contributed by atoms with Crippen molar-refractivity contribution in [2.24, 2.45) is 23.7 Å². The summed E-state index contributed by atoms with van der Waals surface area (Å²) >= 11 is 0. The number of anilines is 1. The summed E-state index contributed by atoms with van der Waals surface area (Å²) in [5.74, 6) is 2.74. The highest BCUT2D eigenvalue weighted by molar-refractivity contribution is 5.94. The van der Waals surface area contributed by atoms with E-state index in [1.807, 2.05) is 42.5 Å². The van der Waals surface area contributed by atoms with Gasteiger partial charge in [-0.05, 0) is 61.2 Å². The number of rotatable bonds is 4. The normalized spacial score (nSPS) is 27.0. The van der Waals surface area contributed by atoms with Gasteiger partial charge in [-0.2, -0.15) is 0 Å². The van der Waals surface area contributed by atoms with Crippen LogP contribution in [0.4, 0.5) is 10.5 Å². The molecule has 1 heterocycles. The quantitative estimate of drug-likeness (QED) is 0.756. The Kier molecular flexibility index (Phi) is 5.44. The predicted octanol–water partition coefficient (Wildman–Crippen LogP) is 4.36. The van der Waals surface area contributed by atoms with Gasteiger partial charge in [0.15, 0.2) is 0 Å². The molecular formula is C23H29N3O. The number of nitrogens with one attached hydrogen (secondary N) is 3. The Morgan fingerprint density at radius 1 is 1.04 bits per heavy atom. The minimum absolute atomic E-state index is 0.114. The Bertz CT molecular complexity index is 774. The zero-order valence-electron chi connectivity index (χ0n) is 15.9. The van der Waals surface area contributed by atoms with Crippen molar-refractivity contribution in [2.45, 2.75) is 19.8 Å². The molecule has 2 fully saturated rings. The Morgan fingerprint density at radius 3 is 2.67 bits per heavy atom. The van der Waals surface area contributed by atoms with Gasteiger partial charge in [-0.3, -0.25) is 0 Å². The summed E-state index contributed by atoms with van der Waals surface area (Å²) in [6.07, 6.45) is 2.58. The van der Waals surface area contributed by atoms with Crippen molar-refractivity contribution < 1.29 is 4.79 Å². The third-order valence-corrected chi connectivity index (χ3v) is 6.28. The van der Waals surface area contributed by atoms with Gasteiger partial charge >= 0.3 is 6.03 Å². The molecule has 27 heavy (non-hydrogen) atoms. The zero-order valence-corrected chi connectivity index (χ0v) is 15.9. The van der Waals surface area contributed by atoms with Crippen molar-refractivity contribution in [3.05, 3.63) is 54.6 Å². The summed E-state index contributed by atoms with van der Waals surface area (Å²) in [6.45, 7) is 5.35. The number of hydrogen-bond acceptors (Lipinski definition) is 2. The molecule has 0 unspecified atom stereocenters. The molecule has 2 aromatic carbocycles. The molecule has 4 rings (SSSR count). The SMILES string of the molecule is C[C@H]1C[C@H]2CNC[C@H](C2)[C@@H]1CNC(=O)Nc1ccccc1-c1ccccc1. The standard InChI is InChI=1S/C23H29N3O/c1-16-11-17-12-19(14-24-13-17)21(16)15-25-23(27)26-22-10-6-5-9-20(22)18-7-3-2-4-8-18/h2-10,16-17,19,21,24H,11-15H2,1H3,(H2,25,26,27)/t16-,17+,19-,21+/m0/s1. The average Bonchev–Trinajstić information content (AvgIpc) is 2.69. The number of piperidine rings is 1. The van der Waals surface area contributed by atoms with E-state index in [0.717, 1.165) is 42.4 Å². The minimum Gasteiger partial charge on any atom is -0.338 e. The van der Waals surface area contributed by atoms with Gasteiger partial charge in [0, 0.05) is 12.1 Å². The summed E-state index contributed by atoms with van der Waals surface area (Å²) in [5, 5.41) is 9.75. The number of para-hydroxylation sites is 1. The van der Waals surface area contributed by atoms with Crippen LogP contribution in [0.2, 0.25) is 0 Å². The van der Waals surface area contributed by atoms with Crippen LogP contribution < -0.4 is 16.0 Å². The fraction of sp³-hybridized carbons (Fsp3) is 0.435. The van der Waals surface area contributed by atoms with Crippen LogP contribution in [0, 0.1) is 23.7 Å². The van der Waals surface area contributed by atoms with Gasteiger partial charge in [-0.15, -0.1) is 0 Å². The lowest BCUT2D eigenvalue weighted by molar-refractivity contribution is 0.0855. The van der Waals surface area contributed by atoms with E-state index in [1.54, 1.807) is 0 Å². The molecule has 4 atom stereocenters. The second kappa shape index (κ2) is 8.13. The van der Waals surface area contributed by atoms with Crippen LogP contribution >= 0.6 is 0 Å². The van der Waals surface area contributed by atoms with Crippen LogP contribution in [0.3, 0.4) is 0 Å². The zero-order chi connectivity index (χ0) is 18.6. The molecule has 142 valence electrons. The van der Waals surface area contributed by atoms with Crippen LogP contribution in [-0.2, 0) is 0 Å². The molecule has 1 aliphatic carbocycles. The van der Waals surface area contributed by atoms with Gasteiger partial charge in [0.2, 0.25) is 0 Å². The molecule has 2 bridgehead atoms. The molecule has 1 saturated carbocycles. The topological polar surface area (TPSA) is 53.2 Å². The monoisotopic (exact) mass is 363 g/mol. The fourth-order valence-electron chi connectivity index (χ4n) is 4.95. The summed E-state index contributed by atoms with van der Waals surface area (Å²) < 4.78 is 0. The van der Waals surface area contributed by atoms with Gasteiger partial charge in [0.1, 0.15) is 0 Å². The third kappa shape index (κ3) is 4.16. The van der Waals surface area contributed by atoms with E-state index < -0.39 is 0 Å². The van der Waals surface area contributed by atoms with Gasteiger partial charge in [-0.25, -0.2) is 4.79 Å². The molecule has 4 heteroatoms. The first-order valence-corrected chi connectivity index (χ1v) is 10.1. The van der Waals surface area contributed by atoms with Crippen molar-refractivity contribution in [2.75, 3.05) is 25.0 Å². The maximum Gasteiger partial charge on any atom is 0.319 e. The largest absolute Gasteiger partial charge is 0.338 e. The van der Waals surface area contributed by atoms with Crippen molar-refractivity contribution >= 4 is 11.7 Å². The number of fused-ring (bicyclic) bond motifs is 2. The number of urea groups is 1.